The van der Waals surface area contributed by atoms with Crippen LogP contribution in [-0.4, -0.2) is 24.5 Å². The van der Waals surface area contributed by atoms with Crippen molar-refractivity contribution in [3.05, 3.63) is 53.3 Å². The van der Waals surface area contributed by atoms with Crippen molar-refractivity contribution in [3.63, 3.8) is 0 Å². The number of nitrogens with zero attached hydrogens (tertiary/aromatic N) is 2. The maximum absolute atomic E-state index is 12.8. The van der Waals surface area contributed by atoms with Crippen molar-refractivity contribution in [2.45, 2.75) is 20.8 Å². The van der Waals surface area contributed by atoms with Gasteiger partial charge in [0.2, 0.25) is 0 Å². The van der Waals surface area contributed by atoms with Gasteiger partial charge in [-0.1, -0.05) is 18.2 Å². The zero-order chi connectivity index (χ0) is 15.4. The number of carbonyl (C=O) groups excluding carboxylic acids is 1. The Bertz CT molecular complexity index is 652. The molecule has 0 aliphatic carbocycles. The molecule has 1 aromatic heterocycles. The first-order valence-electron chi connectivity index (χ1n) is 7.08. The second-order valence-corrected chi connectivity index (χ2v) is 5.05. The summed E-state index contributed by atoms with van der Waals surface area (Å²) in [5, 5.41) is 3.23. The fourth-order valence-electron chi connectivity index (χ4n) is 2.30. The Kier molecular flexibility index (Phi) is 4.58. The van der Waals surface area contributed by atoms with Gasteiger partial charge in [0.05, 0.1) is 11.3 Å². The lowest BCUT2D eigenvalue weighted by Gasteiger charge is -2.21. The fourth-order valence-corrected chi connectivity index (χ4v) is 2.30. The highest BCUT2D eigenvalue weighted by Gasteiger charge is 2.18. The molecule has 0 atom stereocenters. The number of rotatable bonds is 4. The number of anilines is 2. The lowest BCUT2D eigenvalue weighted by atomic mass is 10.1. The topological polar surface area (TPSA) is 45.2 Å². The summed E-state index contributed by atoms with van der Waals surface area (Å²) in [5.41, 5.74) is 4.29. The third-order valence-corrected chi connectivity index (χ3v) is 3.42. The summed E-state index contributed by atoms with van der Waals surface area (Å²) < 4.78 is 0. The third kappa shape index (κ3) is 3.21. The monoisotopic (exact) mass is 283 g/mol. The molecule has 0 fully saturated rings. The Hall–Kier alpha value is -2.36. The van der Waals surface area contributed by atoms with E-state index in [0.29, 0.717) is 5.56 Å². The quantitative estimate of drug-likeness (QED) is 0.935. The van der Waals surface area contributed by atoms with E-state index < -0.39 is 0 Å². The van der Waals surface area contributed by atoms with Gasteiger partial charge in [-0.05, 0) is 38.5 Å². The molecule has 4 heteroatoms. The van der Waals surface area contributed by atoms with Crippen LogP contribution in [0.15, 0.2) is 36.5 Å². The van der Waals surface area contributed by atoms with Gasteiger partial charge in [-0.25, -0.2) is 0 Å². The number of hydrogen-bond acceptors (Lipinski definition) is 3. The van der Waals surface area contributed by atoms with Gasteiger partial charge in [-0.2, -0.15) is 0 Å². The van der Waals surface area contributed by atoms with Gasteiger partial charge in [0.15, 0.2) is 0 Å². The van der Waals surface area contributed by atoms with E-state index in [1.165, 1.54) is 0 Å². The van der Waals surface area contributed by atoms with E-state index in [4.69, 9.17) is 0 Å². The van der Waals surface area contributed by atoms with Crippen LogP contribution < -0.4 is 10.2 Å². The maximum atomic E-state index is 12.8. The van der Waals surface area contributed by atoms with Crippen LogP contribution in [0.3, 0.4) is 0 Å². The van der Waals surface area contributed by atoms with Gasteiger partial charge in [0.1, 0.15) is 0 Å². The van der Waals surface area contributed by atoms with Gasteiger partial charge in [0, 0.05) is 31.2 Å². The fraction of sp³-hybridized carbons (Fsp3) is 0.294. The zero-order valence-electron chi connectivity index (χ0n) is 13.0. The molecule has 0 saturated heterocycles. The molecular weight excluding hydrogens is 262 g/mol. The molecule has 2 rings (SSSR count). The normalized spacial score (nSPS) is 10.3. The highest BCUT2D eigenvalue weighted by Crippen LogP contribution is 2.23. The lowest BCUT2D eigenvalue weighted by molar-refractivity contribution is 0.0993. The summed E-state index contributed by atoms with van der Waals surface area (Å²) in [6.45, 7) is 6.69. The average Bonchev–Trinajstić information content (AvgIpc) is 2.47. The Morgan fingerprint density at radius 2 is 2.00 bits per heavy atom. The summed E-state index contributed by atoms with van der Waals surface area (Å²) in [5.74, 6) is -0.0623. The maximum Gasteiger partial charge on any atom is 0.261 e. The minimum atomic E-state index is -0.0623. The molecule has 0 aliphatic rings. The largest absolute Gasteiger partial charge is 0.385 e. The van der Waals surface area contributed by atoms with Crippen LogP contribution in [0.4, 0.5) is 11.4 Å². The van der Waals surface area contributed by atoms with Crippen molar-refractivity contribution in [1.82, 2.24) is 4.98 Å². The van der Waals surface area contributed by atoms with Crippen molar-refractivity contribution in [1.29, 1.82) is 0 Å². The van der Waals surface area contributed by atoms with E-state index in [9.17, 15) is 4.79 Å². The second kappa shape index (κ2) is 6.39. The number of nitrogens with one attached hydrogen (secondary N) is 1. The summed E-state index contributed by atoms with van der Waals surface area (Å²) in [6.07, 6.45) is 1.64. The molecule has 0 aliphatic heterocycles. The predicted molar refractivity (Wildman–Crippen MR) is 87.1 cm³/mol. The molecule has 110 valence electrons. The van der Waals surface area contributed by atoms with Crippen LogP contribution >= 0.6 is 0 Å². The van der Waals surface area contributed by atoms with E-state index in [1.54, 1.807) is 18.1 Å². The zero-order valence-corrected chi connectivity index (χ0v) is 13.0. The number of aryl methyl sites for hydroxylation is 2. The molecule has 4 nitrogen and oxygen atoms in total. The predicted octanol–water partition coefficient (Wildman–Crippen LogP) is 3.41. The van der Waals surface area contributed by atoms with Crippen molar-refractivity contribution in [2.24, 2.45) is 0 Å². The number of carbonyl (C=O) groups is 1. The number of para-hydroxylation sites is 1. The summed E-state index contributed by atoms with van der Waals surface area (Å²) >= 11 is 0. The van der Waals surface area contributed by atoms with Crippen LogP contribution in [0.1, 0.15) is 28.5 Å². The molecule has 0 bridgehead atoms. The summed E-state index contributed by atoms with van der Waals surface area (Å²) in [6, 6.07) is 9.75. The number of hydrogen-bond donors (Lipinski definition) is 1. The van der Waals surface area contributed by atoms with Crippen LogP contribution in [0.25, 0.3) is 0 Å². The Labute approximate surface area is 125 Å². The summed E-state index contributed by atoms with van der Waals surface area (Å²) in [7, 11) is 1.79. The molecule has 0 unspecified atom stereocenters. The Balaban J connectivity index is 2.38. The van der Waals surface area contributed by atoms with E-state index in [-0.39, 0.29) is 5.91 Å². The van der Waals surface area contributed by atoms with Gasteiger partial charge in [-0.3, -0.25) is 9.78 Å². The minimum Gasteiger partial charge on any atom is -0.385 e. The minimum absolute atomic E-state index is 0.0623. The number of aromatic nitrogens is 1. The van der Waals surface area contributed by atoms with Gasteiger partial charge < -0.3 is 10.2 Å². The van der Waals surface area contributed by atoms with Crippen molar-refractivity contribution >= 4 is 17.3 Å². The van der Waals surface area contributed by atoms with Crippen LogP contribution in [-0.2, 0) is 0 Å². The standard InChI is InChI=1S/C17H21N3O/c1-5-18-15-10-13(3)19-11-14(15)17(21)20(4)16-9-7-6-8-12(16)2/h6-11H,5H2,1-4H3,(H,18,19). The van der Waals surface area contributed by atoms with Crippen LogP contribution in [0.5, 0.6) is 0 Å². The highest BCUT2D eigenvalue weighted by atomic mass is 16.2. The Morgan fingerprint density at radius 1 is 1.29 bits per heavy atom. The molecule has 0 saturated carbocycles. The number of pyridine rings is 1. The third-order valence-electron chi connectivity index (χ3n) is 3.42. The molecule has 0 spiro atoms. The molecule has 21 heavy (non-hydrogen) atoms. The smallest absolute Gasteiger partial charge is 0.261 e. The Morgan fingerprint density at radius 3 is 2.67 bits per heavy atom. The van der Waals surface area contributed by atoms with Crippen molar-refractivity contribution < 1.29 is 4.79 Å². The van der Waals surface area contributed by atoms with E-state index >= 15 is 0 Å². The molecule has 1 amide bonds. The first-order chi connectivity index (χ1) is 10.0. The molecule has 1 aromatic carbocycles. The lowest BCUT2D eigenvalue weighted by Crippen LogP contribution is -2.28. The SMILES string of the molecule is CCNc1cc(C)ncc1C(=O)N(C)c1ccccc1C. The molecule has 2 aromatic rings. The highest BCUT2D eigenvalue weighted by molar-refractivity contribution is 6.09. The average molecular weight is 283 g/mol. The van der Waals surface area contributed by atoms with E-state index in [0.717, 1.165) is 29.2 Å². The van der Waals surface area contributed by atoms with E-state index in [2.05, 4.69) is 10.3 Å². The summed E-state index contributed by atoms with van der Waals surface area (Å²) in [4.78, 5) is 18.7. The molecule has 0 radical (unpaired) electrons. The van der Waals surface area contributed by atoms with Gasteiger partial charge >= 0.3 is 0 Å². The first kappa shape index (κ1) is 15.0. The number of amides is 1. The van der Waals surface area contributed by atoms with Crippen molar-refractivity contribution in [3.8, 4) is 0 Å². The van der Waals surface area contributed by atoms with Crippen molar-refractivity contribution in [2.75, 3.05) is 23.8 Å². The second-order valence-electron chi connectivity index (χ2n) is 5.05. The first-order valence-corrected chi connectivity index (χ1v) is 7.08. The van der Waals surface area contributed by atoms with Gasteiger partial charge in [-0.15, -0.1) is 0 Å². The molecular formula is C17H21N3O. The number of benzene rings is 1. The molecule has 1 N–H and O–H groups in total. The van der Waals surface area contributed by atoms with Gasteiger partial charge in [0.25, 0.3) is 5.91 Å². The molecule has 1 heterocycles. The van der Waals surface area contributed by atoms with E-state index in [1.807, 2.05) is 51.1 Å². The van der Waals surface area contributed by atoms with Crippen LogP contribution in [0, 0.1) is 13.8 Å². The van der Waals surface area contributed by atoms with Crippen LogP contribution in [0.2, 0.25) is 0 Å².